The van der Waals surface area contributed by atoms with Crippen molar-refractivity contribution in [2.24, 2.45) is 5.84 Å². The molecular formula is C10H8BrF3N2O. The van der Waals surface area contributed by atoms with E-state index in [0.29, 0.717) is 0 Å². The summed E-state index contributed by atoms with van der Waals surface area (Å²) in [4.78, 5) is 12.7. The van der Waals surface area contributed by atoms with Crippen LogP contribution >= 0.6 is 15.9 Å². The number of nitrogens with two attached hydrogens (primary N) is 1. The predicted molar refractivity (Wildman–Crippen MR) is 61.7 cm³/mol. The molecule has 1 aromatic carbocycles. The van der Waals surface area contributed by atoms with Crippen molar-refractivity contribution in [2.45, 2.75) is 6.18 Å². The summed E-state index contributed by atoms with van der Waals surface area (Å²) in [6.07, 6.45) is -3.46. The van der Waals surface area contributed by atoms with E-state index in [1.54, 1.807) is 0 Å². The zero-order valence-electron chi connectivity index (χ0n) is 8.38. The molecule has 0 aliphatic rings. The summed E-state index contributed by atoms with van der Waals surface area (Å²) in [6, 6.07) is 3.13. The normalized spacial score (nSPS) is 11.8. The molecule has 92 valence electrons. The smallest absolute Gasteiger partial charge is 0.324 e. The number of ketones is 1. The minimum Gasteiger partial charge on any atom is -0.324 e. The first-order chi connectivity index (χ1) is 7.90. The van der Waals surface area contributed by atoms with E-state index < -0.39 is 17.5 Å². The molecule has 17 heavy (non-hydrogen) atoms. The fraction of sp³-hybridized carbons (Fsp3) is 0.100. The lowest BCUT2D eigenvalue weighted by Gasteiger charge is -2.13. The number of nitrogen functional groups attached to an aromatic ring is 1. The zero-order chi connectivity index (χ0) is 13.1. The van der Waals surface area contributed by atoms with E-state index >= 15 is 0 Å². The number of alkyl halides is 3. The lowest BCUT2D eigenvalue weighted by molar-refractivity contribution is -0.137. The molecule has 0 aliphatic heterocycles. The highest BCUT2D eigenvalue weighted by molar-refractivity contribution is 9.11. The number of rotatable bonds is 3. The minimum absolute atomic E-state index is 0.0629. The van der Waals surface area contributed by atoms with Gasteiger partial charge >= 0.3 is 6.18 Å². The number of nitrogens with one attached hydrogen (secondary N) is 1. The first-order valence-electron chi connectivity index (χ1n) is 4.39. The van der Waals surface area contributed by atoms with Gasteiger partial charge in [0.1, 0.15) is 0 Å². The highest BCUT2D eigenvalue weighted by Crippen LogP contribution is 2.35. The molecule has 3 nitrogen and oxygen atoms in total. The van der Waals surface area contributed by atoms with Gasteiger partial charge in [0.2, 0.25) is 0 Å². The molecule has 0 atom stereocenters. The van der Waals surface area contributed by atoms with Crippen molar-refractivity contribution < 1.29 is 18.0 Å². The van der Waals surface area contributed by atoms with Crippen LogP contribution in [0.2, 0.25) is 0 Å². The van der Waals surface area contributed by atoms with Crippen LogP contribution in [0.1, 0.15) is 15.9 Å². The quantitative estimate of drug-likeness (QED) is 0.390. The molecule has 0 saturated carbocycles. The molecule has 1 rings (SSSR count). The summed E-state index contributed by atoms with van der Waals surface area (Å²) >= 11 is 2.88. The zero-order valence-corrected chi connectivity index (χ0v) is 9.97. The third kappa shape index (κ3) is 3.31. The summed E-state index contributed by atoms with van der Waals surface area (Å²) in [7, 11) is 0. The maximum Gasteiger partial charge on any atom is 0.418 e. The monoisotopic (exact) mass is 308 g/mol. The maximum atomic E-state index is 12.6. The SMILES string of the molecule is NNc1ccc(C(=O)C=CBr)cc1C(F)(F)F. The largest absolute Gasteiger partial charge is 0.418 e. The van der Waals surface area contributed by atoms with Crippen molar-refractivity contribution in [2.75, 3.05) is 5.43 Å². The fourth-order valence-electron chi connectivity index (χ4n) is 1.21. The van der Waals surface area contributed by atoms with Crippen molar-refractivity contribution in [1.82, 2.24) is 0 Å². The molecule has 0 spiro atoms. The highest BCUT2D eigenvalue weighted by atomic mass is 79.9. The van der Waals surface area contributed by atoms with Gasteiger partial charge in [-0.05, 0) is 29.3 Å². The van der Waals surface area contributed by atoms with Crippen molar-refractivity contribution in [1.29, 1.82) is 0 Å². The Morgan fingerprint density at radius 3 is 2.53 bits per heavy atom. The van der Waals surface area contributed by atoms with Gasteiger partial charge in [0.15, 0.2) is 5.78 Å². The van der Waals surface area contributed by atoms with E-state index in [1.807, 2.05) is 5.43 Å². The molecule has 0 saturated heterocycles. The van der Waals surface area contributed by atoms with Gasteiger partial charge in [-0.3, -0.25) is 10.6 Å². The first-order valence-corrected chi connectivity index (χ1v) is 5.30. The van der Waals surface area contributed by atoms with Gasteiger partial charge in [0.25, 0.3) is 0 Å². The number of hydrazine groups is 1. The van der Waals surface area contributed by atoms with E-state index in [0.717, 1.165) is 18.2 Å². The number of benzene rings is 1. The minimum atomic E-state index is -4.57. The third-order valence-electron chi connectivity index (χ3n) is 1.98. The second-order valence-corrected chi connectivity index (χ2v) is 3.59. The lowest BCUT2D eigenvalue weighted by Crippen LogP contribution is -2.15. The van der Waals surface area contributed by atoms with Gasteiger partial charge in [-0.2, -0.15) is 13.2 Å². The Morgan fingerprint density at radius 1 is 1.41 bits per heavy atom. The Labute approximate surface area is 104 Å². The summed E-state index contributed by atoms with van der Waals surface area (Å²) in [6.45, 7) is 0. The Kier molecular flexibility index (Phi) is 4.30. The van der Waals surface area contributed by atoms with Crippen molar-refractivity contribution in [3.8, 4) is 0 Å². The Morgan fingerprint density at radius 2 is 2.06 bits per heavy atom. The van der Waals surface area contributed by atoms with Crippen LogP contribution in [0.3, 0.4) is 0 Å². The molecule has 7 heteroatoms. The van der Waals surface area contributed by atoms with Crippen LogP contribution in [-0.2, 0) is 6.18 Å². The standard InChI is InChI=1S/C10H8BrF3N2O/c11-4-3-9(17)6-1-2-8(16-15)7(5-6)10(12,13)14/h1-5,16H,15H2. The van der Waals surface area contributed by atoms with Crippen LogP contribution in [0.5, 0.6) is 0 Å². The average molecular weight is 309 g/mol. The number of carbonyl (C=O) groups excluding carboxylic acids is 1. The molecule has 0 aliphatic carbocycles. The van der Waals surface area contributed by atoms with Crippen LogP contribution in [0, 0.1) is 0 Å². The number of anilines is 1. The molecule has 3 N–H and O–H groups in total. The molecule has 0 radical (unpaired) electrons. The fourth-order valence-corrected chi connectivity index (χ4v) is 1.45. The number of halogens is 4. The van der Waals surface area contributed by atoms with Gasteiger partial charge < -0.3 is 5.43 Å². The first kappa shape index (κ1) is 13.7. The molecule has 0 aromatic heterocycles. The van der Waals surface area contributed by atoms with Crippen molar-refractivity contribution >= 4 is 27.4 Å². The van der Waals surface area contributed by atoms with E-state index in [1.165, 1.54) is 11.1 Å². The van der Waals surface area contributed by atoms with Crippen LogP contribution in [0.25, 0.3) is 0 Å². The molecule has 0 amide bonds. The van der Waals surface area contributed by atoms with Crippen LogP contribution in [0.4, 0.5) is 18.9 Å². The number of allylic oxidation sites excluding steroid dienone is 1. The number of hydrogen-bond donors (Lipinski definition) is 2. The van der Waals surface area contributed by atoms with Gasteiger partial charge in [0.05, 0.1) is 11.3 Å². The number of hydrogen-bond acceptors (Lipinski definition) is 3. The predicted octanol–water partition coefficient (Wildman–Crippen LogP) is 3.08. The van der Waals surface area contributed by atoms with Gasteiger partial charge in [0, 0.05) is 5.56 Å². The molecule has 0 unspecified atom stereocenters. The topological polar surface area (TPSA) is 55.1 Å². The van der Waals surface area contributed by atoms with E-state index in [4.69, 9.17) is 5.84 Å². The summed E-state index contributed by atoms with van der Waals surface area (Å²) in [5.74, 6) is 4.44. The second kappa shape index (κ2) is 5.33. The van der Waals surface area contributed by atoms with Crippen LogP contribution in [-0.4, -0.2) is 5.78 Å². The van der Waals surface area contributed by atoms with Crippen molar-refractivity contribution in [3.63, 3.8) is 0 Å². The van der Waals surface area contributed by atoms with Gasteiger partial charge in [-0.1, -0.05) is 15.9 Å². The van der Waals surface area contributed by atoms with Gasteiger partial charge in [-0.15, -0.1) is 0 Å². The molecule has 1 aromatic rings. The average Bonchev–Trinajstić information content (AvgIpc) is 2.27. The third-order valence-corrected chi connectivity index (χ3v) is 2.24. The Balaban J connectivity index is 3.27. The van der Waals surface area contributed by atoms with Crippen LogP contribution < -0.4 is 11.3 Å². The summed E-state index contributed by atoms with van der Waals surface area (Å²) < 4.78 is 37.9. The summed E-state index contributed by atoms with van der Waals surface area (Å²) in [5.41, 5.74) is 0.620. The van der Waals surface area contributed by atoms with E-state index in [2.05, 4.69) is 15.9 Å². The summed E-state index contributed by atoms with van der Waals surface area (Å²) in [5, 5.41) is 0. The molecule has 0 heterocycles. The molecule has 0 fully saturated rings. The highest BCUT2D eigenvalue weighted by Gasteiger charge is 2.34. The van der Waals surface area contributed by atoms with Crippen LogP contribution in [0.15, 0.2) is 29.3 Å². The number of carbonyl (C=O) groups is 1. The van der Waals surface area contributed by atoms with Crippen molar-refractivity contribution in [3.05, 3.63) is 40.4 Å². The van der Waals surface area contributed by atoms with E-state index in [9.17, 15) is 18.0 Å². The second-order valence-electron chi connectivity index (χ2n) is 3.06. The van der Waals surface area contributed by atoms with E-state index in [-0.39, 0.29) is 11.3 Å². The molecular weight excluding hydrogens is 301 g/mol. The lowest BCUT2D eigenvalue weighted by atomic mass is 10.1. The Bertz CT molecular complexity index is 457. The van der Waals surface area contributed by atoms with Gasteiger partial charge in [-0.25, -0.2) is 0 Å². The molecule has 0 bridgehead atoms. The maximum absolute atomic E-state index is 12.6. The Hall–Kier alpha value is -1.34.